The lowest BCUT2D eigenvalue weighted by Crippen LogP contribution is -2.05. The molecule has 1 rings (SSSR count). The third kappa shape index (κ3) is 2.81. The molecule has 1 nitrogen and oxygen atoms in total. The fourth-order valence-corrected chi connectivity index (χ4v) is 1.51. The Bertz CT molecular complexity index is 366. The van der Waals surface area contributed by atoms with Gasteiger partial charge in [-0.05, 0) is 6.07 Å². The van der Waals surface area contributed by atoms with Crippen molar-refractivity contribution in [1.29, 1.82) is 0 Å². The lowest BCUT2D eigenvalue weighted by molar-refractivity contribution is 0.0984. The largest absolute Gasteiger partial charge is 0.294 e. The molecule has 82 valence electrons. The van der Waals surface area contributed by atoms with Gasteiger partial charge >= 0.3 is 0 Å². The van der Waals surface area contributed by atoms with Crippen LogP contribution in [0.4, 0.5) is 13.2 Å². The Morgan fingerprint density at radius 3 is 2.60 bits per heavy atom. The highest BCUT2D eigenvalue weighted by molar-refractivity contribution is 9.09. The van der Waals surface area contributed by atoms with E-state index in [1.165, 1.54) is 12.1 Å². The van der Waals surface area contributed by atoms with Crippen LogP contribution in [-0.2, 0) is 0 Å². The minimum atomic E-state index is -2.90. The Hall–Kier alpha value is -0.840. The maximum absolute atomic E-state index is 13.4. The van der Waals surface area contributed by atoms with Crippen LogP contribution in [0.3, 0.4) is 0 Å². The van der Waals surface area contributed by atoms with E-state index in [4.69, 9.17) is 0 Å². The molecule has 0 amide bonds. The molecule has 0 heterocycles. The molecule has 15 heavy (non-hydrogen) atoms. The molecule has 0 aliphatic heterocycles. The van der Waals surface area contributed by atoms with Gasteiger partial charge < -0.3 is 0 Å². The fourth-order valence-electron chi connectivity index (χ4n) is 1.15. The van der Waals surface area contributed by atoms with Crippen molar-refractivity contribution in [2.45, 2.75) is 12.8 Å². The van der Waals surface area contributed by atoms with Crippen molar-refractivity contribution in [2.24, 2.45) is 0 Å². The minimum Gasteiger partial charge on any atom is -0.294 e. The summed E-state index contributed by atoms with van der Waals surface area (Å²) in [5, 5.41) is 0.379. The van der Waals surface area contributed by atoms with E-state index in [1.807, 2.05) is 0 Å². The maximum atomic E-state index is 13.4. The van der Waals surface area contributed by atoms with Crippen molar-refractivity contribution in [3.8, 4) is 0 Å². The number of halogens is 4. The predicted octanol–water partition coefficient (Wildman–Crippen LogP) is 3.73. The summed E-state index contributed by atoms with van der Waals surface area (Å²) in [6.07, 6.45) is -2.81. The Morgan fingerprint density at radius 2 is 2.07 bits per heavy atom. The zero-order valence-corrected chi connectivity index (χ0v) is 9.23. The van der Waals surface area contributed by atoms with Gasteiger partial charge in [0.15, 0.2) is 5.78 Å². The van der Waals surface area contributed by atoms with Crippen LogP contribution in [0.15, 0.2) is 18.2 Å². The number of hydrogen-bond acceptors (Lipinski definition) is 1. The van der Waals surface area contributed by atoms with Gasteiger partial charge in [-0.3, -0.25) is 4.79 Å². The van der Waals surface area contributed by atoms with E-state index in [9.17, 15) is 18.0 Å². The first-order valence-electron chi connectivity index (χ1n) is 4.23. The quantitative estimate of drug-likeness (QED) is 0.607. The number of rotatable bonds is 4. The number of carbonyl (C=O) groups excluding carboxylic acids is 1. The molecule has 0 saturated heterocycles. The molecule has 0 saturated carbocycles. The average molecular weight is 281 g/mol. The van der Waals surface area contributed by atoms with Crippen LogP contribution in [0.1, 0.15) is 28.8 Å². The van der Waals surface area contributed by atoms with Gasteiger partial charge in [-0.2, -0.15) is 0 Å². The molecule has 0 atom stereocenters. The van der Waals surface area contributed by atoms with Crippen molar-refractivity contribution < 1.29 is 18.0 Å². The van der Waals surface area contributed by atoms with Crippen LogP contribution in [0.25, 0.3) is 0 Å². The third-order valence-electron chi connectivity index (χ3n) is 1.89. The molecular weight excluding hydrogens is 273 g/mol. The van der Waals surface area contributed by atoms with Crippen LogP contribution in [0.5, 0.6) is 0 Å². The second-order valence-corrected chi connectivity index (χ2v) is 3.66. The van der Waals surface area contributed by atoms with Crippen LogP contribution in [0, 0.1) is 5.82 Å². The number of ketones is 1. The molecule has 1 aromatic rings. The highest BCUT2D eigenvalue weighted by Gasteiger charge is 2.19. The van der Waals surface area contributed by atoms with Crippen LogP contribution >= 0.6 is 15.9 Å². The van der Waals surface area contributed by atoms with E-state index >= 15 is 0 Å². The molecule has 0 aromatic heterocycles. The van der Waals surface area contributed by atoms with E-state index in [1.54, 1.807) is 0 Å². The number of carbonyl (C=O) groups is 1. The van der Waals surface area contributed by atoms with E-state index in [2.05, 4.69) is 15.9 Å². The summed E-state index contributed by atoms with van der Waals surface area (Å²) in [5.74, 6) is -1.59. The lowest BCUT2D eigenvalue weighted by atomic mass is 10.0. The molecule has 0 radical (unpaired) electrons. The molecule has 0 aliphatic carbocycles. The van der Waals surface area contributed by atoms with Gasteiger partial charge in [0.2, 0.25) is 0 Å². The highest BCUT2D eigenvalue weighted by Crippen LogP contribution is 2.24. The number of Topliss-reactive ketones (excluding diaryl/α,β-unsaturated/α-hetero) is 1. The molecule has 0 fully saturated rings. The van der Waals surface area contributed by atoms with Crippen molar-refractivity contribution in [3.63, 3.8) is 0 Å². The lowest BCUT2D eigenvalue weighted by Gasteiger charge is -2.05. The van der Waals surface area contributed by atoms with E-state index < -0.39 is 23.6 Å². The summed E-state index contributed by atoms with van der Waals surface area (Å²) >= 11 is 3.03. The SMILES string of the molecule is O=C(CCBr)c1cccc(C(F)F)c1F. The number of hydrogen-bond donors (Lipinski definition) is 0. The topological polar surface area (TPSA) is 17.1 Å². The molecule has 0 N–H and O–H groups in total. The van der Waals surface area contributed by atoms with Gasteiger partial charge in [0.05, 0.1) is 11.1 Å². The first-order valence-corrected chi connectivity index (χ1v) is 5.35. The standard InChI is InChI=1S/C10H8BrF3O/c11-5-4-8(15)6-2-1-3-7(9(6)12)10(13)14/h1-3,10H,4-5H2. The molecular formula is C10H8BrF3O. The molecule has 5 heteroatoms. The Balaban J connectivity index is 3.09. The van der Waals surface area contributed by atoms with Crippen molar-refractivity contribution in [1.82, 2.24) is 0 Å². The second-order valence-electron chi connectivity index (χ2n) is 2.87. The normalized spacial score (nSPS) is 10.7. The van der Waals surface area contributed by atoms with Gasteiger partial charge in [0, 0.05) is 11.8 Å². The van der Waals surface area contributed by atoms with Gasteiger partial charge in [0.1, 0.15) is 5.82 Å². The van der Waals surface area contributed by atoms with Crippen molar-refractivity contribution in [3.05, 3.63) is 35.1 Å². The van der Waals surface area contributed by atoms with Crippen LogP contribution < -0.4 is 0 Å². The van der Waals surface area contributed by atoms with Gasteiger partial charge in [0.25, 0.3) is 6.43 Å². The summed E-state index contributed by atoms with van der Waals surface area (Å²) in [6, 6.07) is 3.45. The van der Waals surface area contributed by atoms with Gasteiger partial charge in [-0.1, -0.05) is 28.1 Å². The summed E-state index contributed by atoms with van der Waals surface area (Å²) < 4.78 is 38.0. The first kappa shape index (κ1) is 12.2. The number of benzene rings is 1. The highest BCUT2D eigenvalue weighted by atomic mass is 79.9. The first-order chi connectivity index (χ1) is 7.07. The van der Waals surface area contributed by atoms with E-state index in [-0.39, 0.29) is 12.0 Å². The average Bonchev–Trinajstić information content (AvgIpc) is 2.17. The summed E-state index contributed by atoms with van der Waals surface area (Å²) in [5.41, 5.74) is -0.998. The van der Waals surface area contributed by atoms with Crippen LogP contribution in [-0.4, -0.2) is 11.1 Å². The minimum absolute atomic E-state index is 0.0869. The second kappa shape index (κ2) is 5.30. The molecule has 0 spiro atoms. The van der Waals surface area contributed by atoms with Crippen LogP contribution in [0.2, 0.25) is 0 Å². The van der Waals surface area contributed by atoms with E-state index in [0.717, 1.165) is 6.07 Å². The zero-order valence-electron chi connectivity index (χ0n) is 7.64. The predicted molar refractivity (Wildman–Crippen MR) is 54.1 cm³/mol. The summed E-state index contributed by atoms with van der Waals surface area (Å²) in [4.78, 5) is 11.3. The molecule has 1 aromatic carbocycles. The van der Waals surface area contributed by atoms with Gasteiger partial charge in [-0.25, -0.2) is 13.2 Å². The summed E-state index contributed by atoms with van der Waals surface area (Å²) in [7, 11) is 0. The maximum Gasteiger partial charge on any atom is 0.266 e. The third-order valence-corrected chi connectivity index (χ3v) is 2.28. The monoisotopic (exact) mass is 280 g/mol. The molecule has 0 bridgehead atoms. The van der Waals surface area contributed by atoms with E-state index in [0.29, 0.717) is 5.33 Å². The molecule has 0 unspecified atom stereocenters. The Labute approximate surface area is 93.4 Å². The summed E-state index contributed by atoms with van der Waals surface area (Å²) in [6.45, 7) is 0. The van der Waals surface area contributed by atoms with Gasteiger partial charge in [-0.15, -0.1) is 0 Å². The Morgan fingerprint density at radius 1 is 1.40 bits per heavy atom. The smallest absolute Gasteiger partial charge is 0.266 e. The van der Waals surface area contributed by atoms with Crippen molar-refractivity contribution in [2.75, 3.05) is 5.33 Å². The Kier molecular flexibility index (Phi) is 4.32. The molecule has 0 aliphatic rings. The number of alkyl halides is 3. The van der Waals surface area contributed by atoms with Crippen molar-refractivity contribution >= 4 is 21.7 Å². The fraction of sp³-hybridized carbons (Fsp3) is 0.300. The zero-order chi connectivity index (χ0) is 11.4.